The number of halogens is 4. The molecule has 0 aliphatic rings. The molecule has 1 aromatic heterocycles. The second-order valence-electron chi connectivity index (χ2n) is 2.79. The van der Waals surface area contributed by atoms with E-state index in [-0.39, 0.29) is 10.8 Å². The molecular weight excluding hydrogens is 331 g/mol. The summed E-state index contributed by atoms with van der Waals surface area (Å²) >= 11 is 7.43. The second-order valence-corrected chi connectivity index (χ2v) is 4.67. The van der Waals surface area contributed by atoms with Gasteiger partial charge < -0.3 is 0 Å². The van der Waals surface area contributed by atoms with Crippen molar-refractivity contribution in [1.82, 2.24) is 9.55 Å². The van der Waals surface area contributed by atoms with Crippen molar-refractivity contribution in [2.24, 2.45) is 0 Å². The summed E-state index contributed by atoms with van der Waals surface area (Å²) in [4.78, 5) is 32.6. The van der Waals surface area contributed by atoms with Gasteiger partial charge in [-0.3, -0.25) is 19.9 Å². The van der Waals surface area contributed by atoms with E-state index in [0.29, 0.717) is 0 Å². The third kappa shape index (κ3) is 2.52. The SMILES string of the molecule is O=c1[nH]c(=O)n(C(F)(F)C(Cl)Br)cc1[N+](=O)[O-]. The molecule has 17 heavy (non-hydrogen) atoms. The Bertz CT molecular complexity index is 569. The molecule has 0 aliphatic heterocycles. The number of H-pyrrole nitrogens is 1. The van der Waals surface area contributed by atoms with E-state index < -0.39 is 32.2 Å². The highest BCUT2D eigenvalue weighted by molar-refractivity contribution is 9.10. The Morgan fingerprint density at radius 3 is 2.53 bits per heavy atom. The predicted octanol–water partition coefficient (Wildman–Crippen LogP) is 0.954. The normalized spacial score (nSPS) is 13.4. The van der Waals surface area contributed by atoms with Crippen LogP contribution >= 0.6 is 27.5 Å². The first-order valence-corrected chi connectivity index (χ1v) is 5.20. The average Bonchev–Trinajstić information content (AvgIpc) is 2.15. The van der Waals surface area contributed by atoms with E-state index in [1.807, 2.05) is 0 Å². The summed E-state index contributed by atoms with van der Waals surface area (Å²) in [5.74, 6) is 0. The number of alkyl halides is 4. The molecule has 0 aromatic carbocycles. The molecule has 0 saturated heterocycles. The van der Waals surface area contributed by atoms with Gasteiger partial charge in [-0.2, -0.15) is 8.78 Å². The largest absolute Gasteiger partial charge is 0.359 e. The Morgan fingerprint density at radius 1 is 1.59 bits per heavy atom. The van der Waals surface area contributed by atoms with E-state index in [9.17, 15) is 28.5 Å². The van der Waals surface area contributed by atoms with Crippen LogP contribution in [0.4, 0.5) is 14.5 Å². The van der Waals surface area contributed by atoms with Gasteiger partial charge in [0.15, 0.2) is 4.29 Å². The highest BCUT2D eigenvalue weighted by Gasteiger charge is 2.41. The molecule has 1 rings (SSSR count). The molecule has 0 amide bonds. The average molecular weight is 334 g/mol. The smallest absolute Gasteiger partial charge is 0.268 e. The molecule has 0 saturated carbocycles. The van der Waals surface area contributed by atoms with E-state index in [4.69, 9.17) is 11.6 Å². The molecule has 94 valence electrons. The first-order chi connectivity index (χ1) is 7.67. The van der Waals surface area contributed by atoms with E-state index in [2.05, 4.69) is 15.9 Å². The van der Waals surface area contributed by atoms with Crippen LogP contribution in [0.3, 0.4) is 0 Å². The molecule has 1 aromatic rings. The summed E-state index contributed by atoms with van der Waals surface area (Å²) in [5.41, 5.74) is -4.06. The Kier molecular flexibility index (Phi) is 3.67. The number of aromatic amines is 1. The van der Waals surface area contributed by atoms with Crippen molar-refractivity contribution in [3.8, 4) is 0 Å². The number of nitrogens with zero attached hydrogens (tertiary/aromatic N) is 2. The minimum absolute atomic E-state index is 0.137. The fraction of sp³-hybridized carbons (Fsp3) is 0.333. The summed E-state index contributed by atoms with van der Waals surface area (Å²) in [6.07, 6.45) is 0.137. The molecule has 0 fully saturated rings. The van der Waals surface area contributed by atoms with Gasteiger partial charge in [0.2, 0.25) is 0 Å². The molecule has 1 N–H and O–H groups in total. The van der Waals surface area contributed by atoms with E-state index in [1.165, 1.54) is 4.98 Å². The summed E-state index contributed by atoms with van der Waals surface area (Å²) in [7, 11) is 0. The van der Waals surface area contributed by atoms with Gasteiger partial charge in [0, 0.05) is 0 Å². The van der Waals surface area contributed by atoms with Gasteiger partial charge in [0.1, 0.15) is 0 Å². The highest BCUT2D eigenvalue weighted by atomic mass is 79.9. The lowest BCUT2D eigenvalue weighted by atomic mass is 10.5. The fourth-order valence-corrected chi connectivity index (χ4v) is 1.24. The second kappa shape index (κ2) is 4.53. The predicted molar refractivity (Wildman–Crippen MR) is 56.7 cm³/mol. The van der Waals surface area contributed by atoms with Crippen LogP contribution in [0.25, 0.3) is 0 Å². The van der Waals surface area contributed by atoms with Gasteiger partial charge in [-0.05, 0) is 0 Å². The first kappa shape index (κ1) is 13.8. The molecule has 0 spiro atoms. The van der Waals surface area contributed by atoms with Crippen LogP contribution in [0.1, 0.15) is 0 Å². The Morgan fingerprint density at radius 2 is 2.12 bits per heavy atom. The van der Waals surface area contributed by atoms with Crippen LogP contribution < -0.4 is 11.2 Å². The lowest BCUT2D eigenvalue weighted by Crippen LogP contribution is -2.42. The maximum atomic E-state index is 13.4. The Balaban J connectivity index is 3.57. The zero-order valence-corrected chi connectivity index (χ0v) is 10.0. The monoisotopic (exact) mass is 333 g/mol. The van der Waals surface area contributed by atoms with Crippen LogP contribution in [-0.4, -0.2) is 18.8 Å². The Labute approximate surface area is 104 Å². The quantitative estimate of drug-likeness (QED) is 0.505. The summed E-state index contributed by atoms with van der Waals surface area (Å²) in [6.45, 7) is 0. The number of nitrogens with one attached hydrogen (secondary N) is 1. The van der Waals surface area contributed by atoms with Gasteiger partial charge in [-0.15, -0.1) is 11.6 Å². The zero-order chi connectivity index (χ0) is 13.4. The van der Waals surface area contributed by atoms with E-state index >= 15 is 0 Å². The number of rotatable bonds is 3. The zero-order valence-electron chi connectivity index (χ0n) is 7.69. The van der Waals surface area contributed by atoms with Crippen molar-refractivity contribution in [1.29, 1.82) is 0 Å². The molecule has 1 heterocycles. The van der Waals surface area contributed by atoms with Crippen LogP contribution in [0.5, 0.6) is 0 Å². The van der Waals surface area contributed by atoms with Gasteiger partial charge >= 0.3 is 23.0 Å². The minimum Gasteiger partial charge on any atom is -0.268 e. The maximum Gasteiger partial charge on any atom is 0.359 e. The number of aromatic nitrogens is 2. The van der Waals surface area contributed by atoms with Crippen molar-refractivity contribution in [3.63, 3.8) is 0 Å². The molecule has 0 aliphatic carbocycles. The van der Waals surface area contributed by atoms with Crippen LogP contribution in [-0.2, 0) is 6.05 Å². The first-order valence-electron chi connectivity index (χ1n) is 3.84. The maximum absolute atomic E-state index is 13.4. The third-order valence-electron chi connectivity index (χ3n) is 1.70. The fourth-order valence-electron chi connectivity index (χ4n) is 0.918. The van der Waals surface area contributed by atoms with Crippen molar-refractivity contribution in [2.45, 2.75) is 10.3 Å². The topological polar surface area (TPSA) is 98.0 Å². The standard InChI is InChI=1S/C6H3BrClF2N3O4/c7-4(8)6(9,10)12-1-2(13(16)17)3(14)11-5(12)15/h1,4H,(H,11,14,15). The Hall–Kier alpha value is -1.29. The third-order valence-corrected chi connectivity index (χ3v) is 2.52. The van der Waals surface area contributed by atoms with Gasteiger partial charge in [0.25, 0.3) is 0 Å². The number of hydrogen-bond acceptors (Lipinski definition) is 4. The molecule has 1 atom stereocenters. The number of nitro groups is 1. The van der Waals surface area contributed by atoms with Crippen molar-refractivity contribution >= 4 is 33.2 Å². The minimum atomic E-state index is -3.94. The van der Waals surface area contributed by atoms with Gasteiger partial charge in [-0.25, -0.2) is 9.36 Å². The van der Waals surface area contributed by atoms with E-state index in [1.54, 1.807) is 0 Å². The van der Waals surface area contributed by atoms with Gasteiger partial charge in [-0.1, -0.05) is 15.9 Å². The van der Waals surface area contributed by atoms with Crippen LogP contribution in [0.15, 0.2) is 15.8 Å². The molecular formula is C6H3BrClF2N3O4. The molecule has 7 nitrogen and oxygen atoms in total. The molecule has 11 heteroatoms. The van der Waals surface area contributed by atoms with Crippen LogP contribution in [0, 0.1) is 10.1 Å². The van der Waals surface area contributed by atoms with Gasteiger partial charge in [0.05, 0.1) is 11.1 Å². The van der Waals surface area contributed by atoms with Crippen molar-refractivity contribution in [3.05, 3.63) is 37.1 Å². The van der Waals surface area contributed by atoms with E-state index in [0.717, 1.165) is 0 Å². The summed E-state index contributed by atoms with van der Waals surface area (Å²) in [5, 5.41) is 10.4. The molecule has 1 unspecified atom stereocenters. The molecule has 0 radical (unpaired) electrons. The molecule has 0 bridgehead atoms. The van der Waals surface area contributed by atoms with Crippen LogP contribution in [0.2, 0.25) is 0 Å². The highest BCUT2D eigenvalue weighted by Crippen LogP contribution is 2.31. The lowest BCUT2D eigenvalue weighted by Gasteiger charge is -2.18. The lowest BCUT2D eigenvalue weighted by molar-refractivity contribution is -0.387. The summed E-state index contributed by atoms with van der Waals surface area (Å²) < 4.78 is 24.4. The van der Waals surface area contributed by atoms with Crippen molar-refractivity contribution < 1.29 is 13.7 Å². The number of hydrogen-bond donors (Lipinski definition) is 1. The summed E-state index contributed by atoms with van der Waals surface area (Å²) in [6, 6.07) is -3.94. The van der Waals surface area contributed by atoms with Crippen molar-refractivity contribution in [2.75, 3.05) is 0 Å².